The van der Waals surface area contributed by atoms with Crippen molar-refractivity contribution in [2.45, 2.75) is 59.5 Å². The Bertz CT molecular complexity index is 291. The smallest absolute Gasteiger partial charge is 0.0861 e. The van der Waals surface area contributed by atoms with Gasteiger partial charge in [0.15, 0.2) is 0 Å². The van der Waals surface area contributed by atoms with Crippen LogP contribution in [0.2, 0.25) is 0 Å². The summed E-state index contributed by atoms with van der Waals surface area (Å²) >= 11 is 0. The van der Waals surface area contributed by atoms with Gasteiger partial charge in [-0.1, -0.05) is 27.7 Å². The minimum absolute atomic E-state index is 0.154. The molecule has 86 valence electrons. The molecule has 1 fully saturated rings. The zero-order chi connectivity index (χ0) is 11.9. The Labute approximate surface area is 93.3 Å². The van der Waals surface area contributed by atoms with Gasteiger partial charge in [0.25, 0.3) is 0 Å². The molecule has 0 radical (unpaired) electrons. The summed E-state index contributed by atoms with van der Waals surface area (Å²) in [5, 5.41) is 20.1. The first-order valence-electron chi connectivity index (χ1n) is 5.84. The second-order valence-corrected chi connectivity index (χ2v) is 6.17. The fourth-order valence-corrected chi connectivity index (χ4v) is 3.19. The van der Waals surface area contributed by atoms with Crippen molar-refractivity contribution in [1.82, 2.24) is 0 Å². The van der Waals surface area contributed by atoms with E-state index in [2.05, 4.69) is 26.8 Å². The standard InChI is InChI=1S/C13H23NO/c1-6-12(5,9-14)13(15)8-11(3,4)7-10(13)2/h10,15H,6-8H2,1-5H3. The average molecular weight is 209 g/mol. The number of aliphatic hydroxyl groups is 1. The molecule has 1 N–H and O–H groups in total. The minimum Gasteiger partial charge on any atom is -0.388 e. The second-order valence-electron chi connectivity index (χ2n) is 6.17. The van der Waals surface area contributed by atoms with Crippen LogP contribution in [0.15, 0.2) is 0 Å². The lowest BCUT2D eigenvalue weighted by molar-refractivity contribution is -0.0787. The molecule has 1 aliphatic carbocycles. The summed E-state index contributed by atoms with van der Waals surface area (Å²) in [7, 11) is 0. The van der Waals surface area contributed by atoms with Crippen LogP contribution in [0.3, 0.4) is 0 Å². The van der Waals surface area contributed by atoms with Crippen molar-refractivity contribution >= 4 is 0 Å². The first-order chi connectivity index (χ1) is 6.71. The van der Waals surface area contributed by atoms with Crippen LogP contribution in [0.25, 0.3) is 0 Å². The molecule has 2 nitrogen and oxygen atoms in total. The Morgan fingerprint density at radius 3 is 2.33 bits per heavy atom. The molecular weight excluding hydrogens is 186 g/mol. The van der Waals surface area contributed by atoms with Crippen molar-refractivity contribution < 1.29 is 5.11 Å². The Hall–Kier alpha value is -0.550. The summed E-state index contributed by atoms with van der Waals surface area (Å²) in [6, 6.07) is 2.33. The van der Waals surface area contributed by atoms with E-state index in [0.717, 1.165) is 12.8 Å². The molecule has 1 aliphatic rings. The first-order valence-corrected chi connectivity index (χ1v) is 5.84. The molecule has 0 heterocycles. The van der Waals surface area contributed by atoms with Crippen molar-refractivity contribution in [3.63, 3.8) is 0 Å². The quantitative estimate of drug-likeness (QED) is 0.759. The van der Waals surface area contributed by atoms with Gasteiger partial charge >= 0.3 is 0 Å². The number of hydrogen-bond acceptors (Lipinski definition) is 2. The summed E-state index contributed by atoms with van der Waals surface area (Å²) in [6.45, 7) is 10.3. The molecule has 15 heavy (non-hydrogen) atoms. The summed E-state index contributed by atoms with van der Waals surface area (Å²) < 4.78 is 0. The highest BCUT2D eigenvalue weighted by Gasteiger charge is 2.57. The topological polar surface area (TPSA) is 44.0 Å². The van der Waals surface area contributed by atoms with Gasteiger partial charge in [-0.3, -0.25) is 0 Å². The molecular formula is C13H23NO. The lowest BCUT2D eigenvalue weighted by atomic mass is 9.67. The minimum atomic E-state index is -0.819. The van der Waals surface area contributed by atoms with Gasteiger partial charge in [0.1, 0.15) is 0 Å². The van der Waals surface area contributed by atoms with E-state index in [1.165, 1.54) is 0 Å². The maximum Gasteiger partial charge on any atom is 0.0861 e. The van der Waals surface area contributed by atoms with Gasteiger partial charge in [0.2, 0.25) is 0 Å². The third kappa shape index (κ3) is 1.78. The van der Waals surface area contributed by atoms with Crippen LogP contribution in [0.5, 0.6) is 0 Å². The van der Waals surface area contributed by atoms with Gasteiger partial charge in [-0.05, 0) is 37.5 Å². The lowest BCUT2D eigenvalue weighted by Crippen LogP contribution is -2.47. The molecule has 3 atom stereocenters. The van der Waals surface area contributed by atoms with Crippen LogP contribution in [0, 0.1) is 28.1 Å². The molecule has 0 aromatic rings. The average Bonchev–Trinajstić information content (AvgIpc) is 2.35. The molecule has 0 bridgehead atoms. The van der Waals surface area contributed by atoms with Crippen molar-refractivity contribution in [2.24, 2.45) is 16.7 Å². The van der Waals surface area contributed by atoms with Crippen molar-refractivity contribution in [3.8, 4) is 6.07 Å². The Morgan fingerprint density at radius 1 is 1.53 bits per heavy atom. The van der Waals surface area contributed by atoms with Crippen LogP contribution in [-0.2, 0) is 0 Å². The van der Waals surface area contributed by atoms with E-state index in [9.17, 15) is 10.4 Å². The molecule has 0 amide bonds. The molecule has 3 unspecified atom stereocenters. The Balaban J connectivity index is 3.08. The van der Waals surface area contributed by atoms with E-state index in [1.54, 1.807) is 0 Å². The van der Waals surface area contributed by atoms with Gasteiger partial charge in [-0.2, -0.15) is 5.26 Å². The predicted octanol–water partition coefficient (Wildman–Crippen LogP) is 3.11. The molecule has 0 saturated heterocycles. The van der Waals surface area contributed by atoms with Gasteiger partial charge in [-0.25, -0.2) is 0 Å². The monoisotopic (exact) mass is 209 g/mol. The van der Waals surface area contributed by atoms with Gasteiger partial charge in [0.05, 0.1) is 17.1 Å². The third-order valence-electron chi connectivity index (χ3n) is 4.33. The van der Waals surface area contributed by atoms with E-state index in [-0.39, 0.29) is 11.3 Å². The summed E-state index contributed by atoms with van der Waals surface area (Å²) in [4.78, 5) is 0. The van der Waals surface area contributed by atoms with Crippen molar-refractivity contribution in [1.29, 1.82) is 5.26 Å². The van der Waals surface area contributed by atoms with Gasteiger partial charge < -0.3 is 5.11 Å². The lowest BCUT2D eigenvalue weighted by Gasteiger charge is -2.40. The maximum absolute atomic E-state index is 10.8. The molecule has 0 spiro atoms. The normalized spacial score (nSPS) is 38.3. The highest BCUT2D eigenvalue weighted by atomic mass is 16.3. The number of rotatable bonds is 2. The first kappa shape index (κ1) is 12.5. The molecule has 0 aromatic carbocycles. The van der Waals surface area contributed by atoms with Crippen molar-refractivity contribution in [3.05, 3.63) is 0 Å². The van der Waals surface area contributed by atoms with E-state index in [1.807, 2.05) is 13.8 Å². The maximum atomic E-state index is 10.8. The van der Waals surface area contributed by atoms with Crippen LogP contribution in [-0.4, -0.2) is 10.7 Å². The number of hydrogen-bond donors (Lipinski definition) is 1. The highest BCUT2D eigenvalue weighted by molar-refractivity contribution is 5.15. The van der Waals surface area contributed by atoms with E-state index < -0.39 is 11.0 Å². The summed E-state index contributed by atoms with van der Waals surface area (Å²) in [5.41, 5.74) is -1.28. The predicted molar refractivity (Wildman–Crippen MR) is 61.1 cm³/mol. The van der Waals surface area contributed by atoms with E-state index in [0.29, 0.717) is 6.42 Å². The van der Waals surface area contributed by atoms with Gasteiger partial charge in [-0.15, -0.1) is 0 Å². The van der Waals surface area contributed by atoms with Crippen LogP contribution in [0.1, 0.15) is 53.9 Å². The van der Waals surface area contributed by atoms with Crippen LogP contribution < -0.4 is 0 Å². The largest absolute Gasteiger partial charge is 0.388 e. The molecule has 0 aromatic heterocycles. The fraction of sp³-hybridized carbons (Fsp3) is 0.923. The zero-order valence-corrected chi connectivity index (χ0v) is 10.6. The zero-order valence-electron chi connectivity index (χ0n) is 10.6. The molecule has 1 saturated carbocycles. The highest BCUT2D eigenvalue weighted by Crippen LogP contribution is 2.55. The van der Waals surface area contributed by atoms with E-state index in [4.69, 9.17) is 0 Å². The molecule has 1 rings (SSSR count). The number of nitrogens with zero attached hydrogens (tertiary/aromatic N) is 1. The molecule has 0 aliphatic heterocycles. The Morgan fingerprint density at radius 2 is 2.07 bits per heavy atom. The second kappa shape index (κ2) is 3.49. The molecule has 2 heteroatoms. The van der Waals surface area contributed by atoms with E-state index >= 15 is 0 Å². The van der Waals surface area contributed by atoms with Crippen LogP contribution >= 0.6 is 0 Å². The summed E-state index contributed by atoms with van der Waals surface area (Å²) in [5.74, 6) is 0.206. The van der Waals surface area contributed by atoms with Crippen LogP contribution in [0.4, 0.5) is 0 Å². The summed E-state index contributed by atoms with van der Waals surface area (Å²) in [6.07, 6.45) is 2.44. The van der Waals surface area contributed by atoms with Gasteiger partial charge in [0, 0.05) is 0 Å². The van der Waals surface area contributed by atoms with Crippen molar-refractivity contribution in [2.75, 3.05) is 0 Å². The fourth-order valence-electron chi connectivity index (χ4n) is 3.19. The Kier molecular flexibility index (Phi) is 2.91. The SMILES string of the molecule is CCC(C)(C#N)C1(O)CC(C)(C)CC1C. The number of nitriles is 1. The third-order valence-corrected chi connectivity index (χ3v) is 4.33.